The van der Waals surface area contributed by atoms with E-state index in [9.17, 15) is 0 Å². The first kappa shape index (κ1) is 12.0. The molecule has 0 unspecified atom stereocenters. The summed E-state index contributed by atoms with van der Waals surface area (Å²) in [7, 11) is 0. The second kappa shape index (κ2) is 5.77. The summed E-state index contributed by atoms with van der Waals surface area (Å²) in [4.78, 5) is 11.0. The van der Waals surface area contributed by atoms with E-state index in [1.807, 2.05) is 13.0 Å². The van der Waals surface area contributed by atoms with Crippen molar-refractivity contribution in [3.63, 3.8) is 0 Å². The molecule has 0 amide bonds. The second-order valence-electron chi connectivity index (χ2n) is 4.55. The van der Waals surface area contributed by atoms with Gasteiger partial charge in [-0.15, -0.1) is 6.58 Å². The van der Waals surface area contributed by atoms with Crippen molar-refractivity contribution in [2.45, 2.75) is 25.8 Å². The third-order valence-electron chi connectivity index (χ3n) is 3.08. The molecule has 0 radical (unpaired) electrons. The molecule has 0 spiro atoms. The van der Waals surface area contributed by atoms with E-state index in [-0.39, 0.29) is 0 Å². The molecule has 4 nitrogen and oxygen atoms in total. The molecular formula is C13H20N4. The summed E-state index contributed by atoms with van der Waals surface area (Å²) in [6.45, 7) is 8.99. The highest BCUT2D eigenvalue weighted by molar-refractivity contribution is 5.33. The Hall–Kier alpha value is -1.42. The van der Waals surface area contributed by atoms with Crippen LogP contribution in [0.15, 0.2) is 25.0 Å². The zero-order valence-electron chi connectivity index (χ0n) is 10.4. The average molecular weight is 232 g/mol. The third-order valence-corrected chi connectivity index (χ3v) is 3.08. The number of nitrogens with zero attached hydrogens (tertiary/aromatic N) is 3. The predicted molar refractivity (Wildman–Crippen MR) is 70.1 cm³/mol. The zero-order chi connectivity index (χ0) is 12.1. The maximum absolute atomic E-state index is 4.42. The van der Waals surface area contributed by atoms with Crippen LogP contribution in [0.5, 0.6) is 0 Å². The van der Waals surface area contributed by atoms with Crippen molar-refractivity contribution in [3.8, 4) is 0 Å². The molecule has 2 heterocycles. The molecule has 92 valence electrons. The fourth-order valence-electron chi connectivity index (χ4n) is 2.18. The molecule has 0 atom stereocenters. The summed E-state index contributed by atoms with van der Waals surface area (Å²) >= 11 is 0. The van der Waals surface area contributed by atoms with Crippen LogP contribution in [0.25, 0.3) is 0 Å². The minimum Gasteiger partial charge on any atom is -0.366 e. The summed E-state index contributed by atoms with van der Waals surface area (Å²) in [5, 5.41) is 3.46. The van der Waals surface area contributed by atoms with Crippen molar-refractivity contribution in [2.24, 2.45) is 0 Å². The number of hydrogen-bond donors (Lipinski definition) is 1. The van der Waals surface area contributed by atoms with Gasteiger partial charge in [-0.3, -0.25) is 9.88 Å². The molecule has 1 aliphatic rings. The van der Waals surface area contributed by atoms with Crippen molar-refractivity contribution in [1.82, 2.24) is 14.9 Å². The number of aromatic nitrogens is 2. The Morgan fingerprint density at radius 1 is 1.47 bits per heavy atom. The van der Waals surface area contributed by atoms with Gasteiger partial charge in [0, 0.05) is 31.9 Å². The summed E-state index contributed by atoms with van der Waals surface area (Å²) in [6, 6.07) is 0.521. The van der Waals surface area contributed by atoms with Gasteiger partial charge in [0.05, 0.1) is 11.9 Å². The lowest BCUT2D eigenvalue weighted by Gasteiger charge is -2.31. The maximum atomic E-state index is 4.42. The molecule has 4 heteroatoms. The fourth-order valence-corrected chi connectivity index (χ4v) is 2.18. The van der Waals surface area contributed by atoms with E-state index >= 15 is 0 Å². The average Bonchev–Trinajstić information content (AvgIpc) is 2.32. The molecule has 0 aliphatic carbocycles. The predicted octanol–water partition coefficient (Wildman–Crippen LogP) is 1.85. The lowest BCUT2D eigenvalue weighted by molar-refractivity contribution is 0.240. The first-order chi connectivity index (χ1) is 8.28. The van der Waals surface area contributed by atoms with E-state index in [1.165, 1.54) is 0 Å². The molecule has 1 N–H and O–H groups in total. The Morgan fingerprint density at radius 3 is 2.88 bits per heavy atom. The van der Waals surface area contributed by atoms with Crippen molar-refractivity contribution in [1.29, 1.82) is 0 Å². The lowest BCUT2D eigenvalue weighted by Crippen LogP contribution is -2.39. The number of anilines is 1. The standard InChI is InChI=1S/C13H20N4/c1-3-6-17-7-4-12(5-8-17)16-13-10-14-9-11(2)15-13/h3,9-10,12H,1,4-8H2,2H3,(H,15,16). The first-order valence-electron chi connectivity index (χ1n) is 6.16. The Morgan fingerprint density at radius 2 is 2.24 bits per heavy atom. The molecule has 17 heavy (non-hydrogen) atoms. The fraction of sp³-hybridized carbons (Fsp3) is 0.538. The smallest absolute Gasteiger partial charge is 0.145 e. The SMILES string of the molecule is C=CCN1CCC(Nc2cncc(C)n2)CC1. The van der Waals surface area contributed by atoms with Gasteiger partial charge in [-0.05, 0) is 19.8 Å². The monoisotopic (exact) mass is 232 g/mol. The molecule has 1 aromatic rings. The van der Waals surface area contributed by atoms with Crippen molar-refractivity contribution < 1.29 is 0 Å². The normalized spacial score (nSPS) is 17.9. The van der Waals surface area contributed by atoms with Crippen LogP contribution >= 0.6 is 0 Å². The molecule has 2 rings (SSSR count). The topological polar surface area (TPSA) is 41.0 Å². The molecule has 1 aromatic heterocycles. The summed E-state index contributed by atoms with van der Waals surface area (Å²) in [5.41, 5.74) is 0.957. The Balaban J connectivity index is 1.83. The number of piperidine rings is 1. The van der Waals surface area contributed by atoms with Crippen molar-refractivity contribution >= 4 is 5.82 Å². The van der Waals surface area contributed by atoms with E-state index in [2.05, 4.69) is 26.8 Å². The number of likely N-dealkylation sites (tertiary alicyclic amines) is 1. The molecule has 1 fully saturated rings. The molecule has 0 bridgehead atoms. The van der Waals surface area contributed by atoms with Crippen LogP contribution in [-0.2, 0) is 0 Å². The lowest BCUT2D eigenvalue weighted by atomic mass is 10.1. The van der Waals surface area contributed by atoms with Crippen LogP contribution in [0.4, 0.5) is 5.82 Å². The van der Waals surface area contributed by atoms with Crippen LogP contribution in [-0.4, -0.2) is 40.5 Å². The van der Waals surface area contributed by atoms with Gasteiger partial charge >= 0.3 is 0 Å². The maximum Gasteiger partial charge on any atom is 0.145 e. The van der Waals surface area contributed by atoms with Gasteiger partial charge in [-0.25, -0.2) is 4.98 Å². The summed E-state index contributed by atoms with van der Waals surface area (Å²) < 4.78 is 0. The highest BCUT2D eigenvalue weighted by Gasteiger charge is 2.18. The van der Waals surface area contributed by atoms with Gasteiger partial charge in [0.1, 0.15) is 5.82 Å². The second-order valence-corrected chi connectivity index (χ2v) is 4.55. The number of aryl methyl sites for hydroxylation is 1. The minimum atomic E-state index is 0.521. The van der Waals surface area contributed by atoms with E-state index in [1.54, 1.807) is 12.4 Å². The van der Waals surface area contributed by atoms with E-state index in [0.29, 0.717) is 6.04 Å². The van der Waals surface area contributed by atoms with E-state index < -0.39 is 0 Å². The van der Waals surface area contributed by atoms with Gasteiger partial charge in [-0.2, -0.15) is 0 Å². The number of nitrogens with one attached hydrogen (secondary N) is 1. The van der Waals surface area contributed by atoms with Gasteiger partial charge in [-0.1, -0.05) is 6.08 Å². The Labute approximate surface area is 103 Å². The van der Waals surface area contributed by atoms with Crippen LogP contribution < -0.4 is 5.32 Å². The van der Waals surface area contributed by atoms with Crippen molar-refractivity contribution in [3.05, 3.63) is 30.7 Å². The third kappa shape index (κ3) is 3.53. The van der Waals surface area contributed by atoms with Crippen LogP contribution in [0.3, 0.4) is 0 Å². The summed E-state index contributed by atoms with van der Waals surface area (Å²) in [5.74, 6) is 0.896. The summed E-state index contributed by atoms with van der Waals surface area (Å²) in [6.07, 6.45) is 7.85. The Kier molecular flexibility index (Phi) is 4.09. The largest absolute Gasteiger partial charge is 0.366 e. The highest BCUT2D eigenvalue weighted by atomic mass is 15.1. The molecule has 0 saturated carbocycles. The minimum absolute atomic E-state index is 0.521. The molecular weight excluding hydrogens is 212 g/mol. The van der Waals surface area contributed by atoms with Gasteiger partial charge in [0.2, 0.25) is 0 Å². The van der Waals surface area contributed by atoms with Crippen molar-refractivity contribution in [2.75, 3.05) is 25.0 Å². The molecule has 1 saturated heterocycles. The van der Waals surface area contributed by atoms with Crippen LogP contribution in [0.2, 0.25) is 0 Å². The molecule has 0 aromatic carbocycles. The van der Waals surface area contributed by atoms with Gasteiger partial charge in [0.25, 0.3) is 0 Å². The molecule has 1 aliphatic heterocycles. The van der Waals surface area contributed by atoms with Crippen LogP contribution in [0, 0.1) is 6.92 Å². The zero-order valence-corrected chi connectivity index (χ0v) is 10.4. The quantitative estimate of drug-likeness (QED) is 0.804. The Bertz CT molecular complexity index is 369. The highest BCUT2D eigenvalue weighted by Crippen LogP contribution is 2.14. The number of hydrogen-bond acceptors (Lipinski definition) is 4. The van der Waals surface area contributed by atoms with Gasteiger partial charge < -0.3 is 5.32 Å². The van der Waals surface area contributed by atoms with E-state index in [4.69, 9.17) is 0 Å². The first-order valence-corrected chi connectivity index (χ1v) is 6.16. The number of rotatable bonds is 4. The van der Waals surface area contributed by atoms with Crippen LogP contribution in [0.1, 0.15) is 18.5 Å². The van der Waals surface area contributed by atoms with Gasteiger partial charge in [0.15, 0.2) is 0 Å². The van der Waals surface area contributed by atoms with E-state index in [0.717, 1.165) is 44.0 Å².